The molecule has 0 radical (unpaired) electrons. The molecule has 1 aromatic heterocycles. The number of benzene rings is 1. The summed E-state index contributed by atoms with van der Waals surface area (Å²) in [5.74, 6) is -1.53. The summed E-state index contributed by atoms with van der Waals surface area (Å²) in [5, 5.41) is 10.7. The van der Waals surface area contributed by atoms with Crippen molar-refractivity contribution >= 4 is 17.4 Å². The first-order chi connectivity index (χ1) is 12.1. The van der Waals surface area contributed by atoms with E-state index in [1.165, 1.54) is 24.4 Å². The summed E-state index contributed by atoms with van der Waals surface area (Å²) < 4.78 is 5.06. The zero-order valence-corrected chi connectivity index (χ0v) is 13.8. The molecular weight excluding hydrogens is 320 g/mol. The molecule has 3 rings (SSSR count). The van der Waals surface area contributed by atoms with Gasteiger partial charge in [0, 0.05) is 31.6 Å². The molecule has 1 amide bonds. The molecule has 6 nitrogen and oxygen atoms in total. The monoisotopic (exact) mass is 338 g/mol. The smallest absolute Gasteiger partial charge is 0.295 e. The zero-order valence-electron chi connectivity index (χ0n) is 13.8. The number of likely N-dealkylation sites (tertiary alicyclic amines) is 1. The highest BCUT2D eigenvalue weighted by Gasteiger charge is 2.45. The second-order valence-corrected chi connectivity index (χ2v) is 5.63. The number of aliphatic hydroxyl groups excluding tert-OH is 1. The van der Waals surface area contributed by atoms with Crippen LogP contribution in [-0.4, -0.2) is 46.9 Å². The van der Waals surface area contributed by atoms with Crippen molar-refractivity contribution in [3.8, 4) is 0 Å². The maximum absolute atomic E-state index is 12.6. The van der Waals surface area contributed by atoms with Crippen molar-refractivity contribution in [3.63, 3.8) is 0 Å². The molecule has 0 bridgehead atoms. The molecule has 0 saturated carbocycles. The number of aliphatic hydroxyl groups is 1. The number of amides is 1. The van der Waals surface area contributed by atoms with Gasteiger partial charge in [-0.2, -0.15) is 0 Å². The summed E-state index contributed by atoms with van der Waals surface area (Å²) in [4.78, 5) is 30.5. The van der Waals surface area contributed by atoms with E-state index in [0.717, 1.165) is 5.56 Å². The van der Waals surface area contributed by atoms with Crippen LogP contribution in [0.3, 0.4) is 0 Å². The van der Waals surface area contributed by atoms with Gasteiger partial charge in [-0.3, -0.25) is 14.6 Å². The highest BCUT2D eigenvalue weighted by atomic mass is 16.5. The van der Waals surface area contributed by atoms with Crippen molar-refractivity contribution in [1.82, 2.24) is 9.88 Å². The number of rotatable bonds is 5. The molecule has 128 valence electrons. The summed E-state index contributed by atoms with van der Waals surface area (Å²) in [6.45, 7) is 0.555. The summed E-state index contributed by atoms with van der Waals surface area (Å²) >= 11 is 0. The van der Waals surface area contributed by atoms with Gasteiger partial charge >= 0.3 is 0 Å². The molecule has 6 heteroatoms. The number of hydrogen-bond acceptors (Lipinski definition) is 5. The Bertz CT molecular complexity index is 803. The van der Waals surface area contributed by atoms with Crippen LogP contribution >= 0.6 is 0 Å². The molecule has 1 aliphatic rings. The molecule has 1 atom stereocenters. The van der Waals surface area contributed by atoms with E-state index in [0.29, 0.717) is 12.2 Å². The Morgan fingerprint density at radius 1 is 1.16 bits per heavy atom. The minimum Gasteiger partial charge on any atom is -0.507 e. The topological polar surface area (TPSA) is 79.7 Å². The SMILES string of the molecule is COCCN1C(=O)C(=O)/C(=C(/O)c2ccncc2)C1c1ccccc1. The van der Waals surface area contributed by atoms with Crippen LogP contribution in [0, 0.1) is 0 Å². The van der Waals surface area contributed by atoms with Crippen molar-refractivity contribution in [1.29, 1.82) is 0 Å². The van der Waals surface area contributed by atoms with Gasteiger partial charge < -0.3 is 14.7 Å². The predicted octanol–water partition coefficient (Wildman–Crippen LogP) is 2.15. The van der Waals surface area contributed by atoms with Gasteiger partial charge in [0.25, 0.3) is 11.7 Å². The molecule has 2 heterocycles. The van der Waals surface area contributed by atoms with Crippen molar-refractivity contribution in [2.45, 2.75) is 6.04 Å². The fourth-order valence-corrected chi connectivity index (χ4v) is 2.95. The highest BCUT2D eigenvalue weighted by molar-refractivity contribution is 6.46. The molecule has 0 aliphatic carbocycles. The van der Waals surface area contributed by atoms with Crippen molar-refractivity contribution in [3.05, 3.63) is 71.6 Å². The quantitative estimate of drug-likeness (QED) is 0.513. The van der Waals surface area contributed by atoms with Gasteiger partial charge in [0.2, 0.25) is 0 Å². The van der Waals surface area contributed by atoms with E-state index < -0.39 is 17.7 Å². The fourth-order valence-electron chi connectivity index (χ4n) is 2.95. The van der Waals surface area contributed by atoms with Crippen LogP contribution in [-0.2, 0) is 14.3 Å². The molecule has 1 unspecified atom stereocenters. The maximum atomic E-state index is 12.6. The largest absolute Gasteiger partial charge is 0.507 e. The molecule has 0 spiro atoms. The van der Waals surface area contributed by atoms with Gasteiger partial charge in [0.05, 0.1) is 18.2 Å². The summed E-state index contributed by atoms with van der Waals surface area (Å²) in [6, 6.07) is 11.7. The number of hydrogen-bond donors (Lipinski definition) is 1. The lowest BCUT2D eigenvalue weighted by Crippen LogP contribution is -2.32. The number of carbonyl (C=O) groups is 2. The molecule has 1 N–H and O–H groups in total. The molecule has 1 aromatic carbocycles. The normalized spacial score (nSPS) is 19.4. The van der Waals surface area contributed by atoms with Gasteiger partial charge in [-0.1, -0.05) is 30.3 Å². The van der Waals surface area contributed by atoms with Crippen LogP contribution in [0.25, 0.3) is 5.76 Å². The molecule has 1 saturated heterocycles. The number of nitrogens with zero attached hydrogens (tertiary/aromatic N) is 2. The number of aromatic nitrogens is 1. The summed E-state index contributed by atoms with van der Waals surface area (Å²) in [5.41, 5.74) is 1.28. The predicted molar refractivity (Wildman–Crippen MR) is 91.6 cm³/mol. The van der Waals surface area contributed by atoms with Gasteiger partial charge in [-0.15, -0.1) is 0 Å². The van der Waals surface area contributed by atoms with Gasteiger partial charge in [0.1, 0.15) is 5.76 Å². The first-order valence-corrected chi connectivity index (χ1v) is 7.88. The third kappa shape index (κ3) is 3.16. The maximum Gasteiger partial charge on any atom is 0.295 e. The number of pyridine rings is 1. The zero-order chi connectivity index (χ0) is 17.8. The van der Waals surface area contributed by atoms with E-state index in [2.05, 4.69) is 4.98 Å². The first kappa shape index (κ1) is 16.9. The molecule has 25 heavy (non-hydrogen) atoms. The second-order valence-electron chi connectivity index (χ2n) is 5.63. The lowest BCUT2D eigenvalue weighted by Gasteiger charge is -2.25. The van der Waals surface area contributed by atoms with Gasteiger partial charge in [-0.05, 0) is 17.7 Å². The van der Waals surface area contributed by atoms with Crippen LogP contribution in [0.5, 0.6) is 0 Å². The lowest BCUT2D eigenvalue weighted by atomic mass is 9.95. The average Bonchev–Trinajstić information content (AvgIpc) is 2.91. The molecule has 1 aliphatic heterocycles. The Morgan fingerprint density at radius 2 is 1.84 bits per heavy atom. The van der Waals surface area contributed by atoms with E-state index in [1.807, 2.05) is 30.3 Å². The van der Waals surface area contributed by atoms with Crippen LogP contribution in [0.4, 0.5) is 0 Å². The van der Waals surface area contributed by atoms with Crippen LogP contribution in [0.2, 0.25) is 0 Å². The Labute approximate surface area is 145 Å². The average molecular weight is 338 g/mol. The van der Waals surface area contributed by atoms with Crippen LogP contribution < -0.4 is 0 Å². The van der Waals surface area contributed by atoms with E-state index in [9.17, 15) is 14.7 Å². The van der Waals surface area contributed by atoms with Crippen molar-refractivity contribution in [2.24, 2.45) is 0 Å². The minimum atomic E-state index is -0.695. The Kier molecular flexibility index (Phi) is 4.90. The molecule has 1 fully saturated rings. The number of ether oxygens (including phenoxy) is 1. The van der Waals surface area contributed by atoms with Crippen molar-refractivity contribution in [2.75, 3.05) is 20.3 Å². The second kappa shape index (κ2) is 7.27. The molecule has 2 aromatic rings. The van der Waals surface area contributed by atoms with E-state index in [4.69, 9.17) is 4.74 Å². The molecular formula is C19H18N2O4. The first-order valence-electron chi connectivity index (χ1n) is 7.88. The van der Waals surface area contributed by atoms with Crippen LogP contribution in [0.15, 0.2) is 60.4 Å². The summed E-state index contributed by atoms with van der Waals surface area (Å²) in [6.07, 6.45) is 3.04. The minimum absolute atomic E-state index is 0.0819. The number of carbonyl (C=O) groups excluding carboxylic acids is 2. The Balaban J connectivity index is 2.14. The van der Waals surface area contributed by atoms with Crippen LogP contribution in [0.1, 0.15) is 17.2 Å². The number of Topliss-reactive ketones (excluding diaryl/α,β-unsaturated/α-hetero) is 1. The summed E-state index contributed by atoms with van der Waals surface area (Å²) in [7, 11) is 1.53. The Hall–Kier alpha value is -2.99. The van der Waals surface area contributed by atoms with Gasteiger partial charge in [-0.25, -0.2) is 0 Å². The van der Waals surface area contributed by atoms with Gasteiger partial charge in [0.15, 0.2) is 0 Å². The van der Waals surface area contributed by atoms with E-state index in [1.54, 1.807) is 12.1 Å². The fraction of sp³-hybridized carbons (Fsp3) is 0.211. The Morgan fingerprint density at radius 3 is 2.48 bits per heavy atom. The van der Waals surface area contributed by atoms with E-state index >= 15 is 0 Å². The van der Waals surface area contributed by atoms with E-state index in [-0.39, 0.29) is 17.9 Å². The van der Waals surface area contributed by atoms with Crippen molar-refractivity contribution < 1.29 is 19.4 Å². The number of methoxy groups -OCH3 is 1. The number of ketones is 1. The highest BCUT2D eigenvalue weighted by Crippen LogP contribution is 2.38. The lowest BCUT2D eigenvalue weighted by molar-refractivity contribution is -0.140. The third-order valence-electron chi connectivity index (χ3n) is 4.15. The standard InChI is InChI=1S/C19H18N2O4/c1-25-12-11-21-16(13-5-3-2-4-6-13)15(18(23)19(21)24)17(22)14-7-9-20-10-8-14/h2-10,16,22H,11-12H2,1H3/b17-15+. The third-order valence-corrected chi connectivity index (χ3v) is 4.15.